The maximum atomic E-state index is 12.6. The van der Waals surface area contributed by atoms with Crippen LogP contribution in [0, 0.1) is 11.8 Å². The summed E-state index contributed by atoms with van der Waals surface area (Å²) in [5, 5.41) is 0. The third-order valence-corrected chi connectivity index (χ3v) is 5.17. The van der Waals surface area contributed by atoms with Crippen LogP contribution in [0.4, 0.5) is 0 Å². The van der Waals surface area contributed by atoms with E-state index in [0.29, 0.717) is 18.1 Å². The van der Waals surface area contributed by atoms with Crippen LogP contribution < -0.4 is 9.47 Å². The molecule has 1 fully saturated rings. The average Bonchev–Trinajstić information content (AvgIpc) is 2.53. The Hall–Kier alpha value is -1.55. The second-order valence-corrected chi connectivity index (χ2v) is 7.16. The molecule has 0 radical (unpaired) electrons. The summed E-state index contributed by atoms with van der Waals surface area (Å²) < 4.78 is 10.9. The molecule has 2 atom stereocenters. The average molecular weight is 317 g/mol. The predicted octanol–water partition coefficient (Wildman–Crippen LogP) is 3.24. The summed E-state index contributed by atoms with van der Waals surface area (Å²) in [6, 6.07) is 4.35. The van der Waals surface area contributed by atoms with E-state index in [1.807, 2.05) is 0 Å². The van der Waals surface area contributed by atoms with E-state index < -0.39 is 0 Å². The zero-order valence-electron chi connectivity index (χ0n) is 14.6. The molecule has 1 unspecified atom stereocenters. The Kier molecular flexibility index (Phi) is 4.62. The first-order chi connectivity index (χ1) is 11.0. The third-order valence-electron chi connectivity index (χ3n) is 5.17. The number of carbonyl (C=O) groups excluding carboxylic acids is 1. The monoisotopic (exact) mass is 317 g/mol. The molecule has 0 N–H and O–H groups in total. The zero-order chi connectivity index (χ0) is 16.6. The molecule has 1 saturated heterocycles. The number of methoxy groups -OCH3 is 2. The number of hydrogen-bond acceptors (Lipinski definition) is 4. The fraction of sp³-hybridized carbons (Fsp3) is 0.632. The minimum Gasteiger partial charge on any atom is -0.493 e. The quantitative estimate of drug-likeness (QED) is 0.854. The first kappa shape index (κ1) is 16.3. The van der Waals surface area contributed by atoms with Crippen molar-refractivity contribution in [3.63, 3.8) is 0 Å². The SMILES string of the molecule is COc1cc2c(cc1OC)[C@H]1CC(=O)C(CC(C)C)CN1CC2. The molecule has 3 rings (SSSR count). The Balaban J connectivity index is 1.89. The standard InChI is InChI=1S/C19H27NO3/c1-12(2)7-14-11-20-6-5-13-8-18(22-3)19(23-4)9-15(13)16(20)10-17(14)21/h8-9,12,14,16H,5-7,10-11H2,1-4H3/t14?,16-/m1/s1. The normalized spacial score (nSPS) is 24.3. The van der Waals surface area contributed by atoms with Crippen LogP contribution in [0.5, 0.6) is 11.5 Å². The highest BCUT2D eigenvalue weighted by Gasteiger charge is 2.38. The van der Waals surface area contributed by atoms with Crippen molar-refractivity contribution in [3.8, 4) is 11.5 Å². The number of fused-ring (bicyclic) bond motifs is 3. The summed E-state index contributed by atoms with van der Waals surface area (Å²) in [6.45, 7) is 6.31. The highest BCUT2D eigenvalue weighted by Crippen LogP contribution is 2.42. The number of ether oxygens (including phenoxy) is 2. The highest BCUT2D eigenvalue weighted by atomic mass is 16.5. The summed E-state index contributed by atoms with van der Waals surface area (Å²) in [5.41, 5.74) is 2.53. The largest absolute Gasteiger partial charge is 0.493 e. The number of rotatable bonds is 4. The fourth-order valence-corrected chi connectivity index (χ4v) is 4.05. The number of benzene rings is 1. The van der Waals surface area contributed by atoms with Gasteiger partial charge in [0, 0.05) is 31.5 Å². The van der Waals surface area contributed by atoms with Crippen molar-refractivity contribution < 1.29 is 14.3 Å². The number of Topliss-reactive ketones (excluding diaryl/α,β-unsaturated/α-hetero) is 1. The lowest BCUT2D eigenvalue weighted by atomic mass is 9.80. The number of piperidine rings is 1. The van der Waals surface area contributed by atoms with E-state index in [9.17, 15) is 4.79 Å². The summed E-state index contributed by atoms with van der Waals surface area (Å²) in [6.07, 6.45) is 2.63. The van der Waals surface area contributed by atoms with Crippen LogP contribution in [0.3, 0.4) is 0 Å². The molecule has 1 aromatic rings. The summed E-state index contributed by atoms with van der Waals surface area (Å²) in [4.78, 5) is 15.1. The maximum absolute atomic E-state index is 12.6. The molecule has 4 heteroatoms. The molecule has 0 aromatic heterocycles. The van der Waals surface area contributed by atoms with E-state index in [4.69, 9.17) is 9.47 Å². The molecule has 23 heavy (non-hydrogen) atoms. The summed E-state index contributed by atoms with van der Waals surface area (Å²) in [5.74, 6) is 2.72. The Morgan fingerprint density at radius 3 is 2.57 bits per heavy atom. The van der Waals surface area contributed by atoms with Gasteiger partial charge < -0.3 is 9.47 Å². The number of ketones is 1. The molecular weight excluding hydrogens is 290 g/mol. The second kappa shape index (κ2) is 6.52. The third kappa shape index (κ3) is 3.09. The van der Waals surface area contributed by atoms with Crippen LogP contribution in [-0.4, -0.2) is 38.0 Å². The molecule has 1 aromatic carbocycles. The van der Waals surface area contributed by atoms with Crippen molar-refractivity contribution in [1.82, 2.24) is 4.90 Å². The van der Waals surface area contributed by atoms with E-state index in [2.05, 4.69) is 30.9 Å². The molecule has 126 valence electrons. The number of hydrogen-bond donors (Lipinski definition) is 0. The molecule has 2 heterocycles. The number of nitrogens with zero attached hydrogens (tertiary/aromatic N) is 1. The maximum Gasteiger partial charge on any atom is 0.161 e. The van der Waals surface area contributed by atoms with E-state index in [0.717, 1.165) is 37.4 Å². The van der Waals surface area contributed by atoms with E-state index in [-0.39, 0.29) is 12.0 Å². The van der Waals surface area contributed by atoms with Gasteiger partial charge in [-0.1, -0.05) is 13.8 Å². The van der Waals surface area contributed by atoms with Crippen molar-refractivity contribution in [1.29, 1.82) is 0 Å². The Morgan fingerprint density at radius 1 is 1.22 bits per heavy atom. The van der Waals surface area contributed by atoms with Crippen LogP contribution in [0.2, 0.25) is 0 Å². The minimum atomic E-state index is 0.202. The van der Waals surface area contributed by atoms with Gasteiger partial charge in [-0.05, 0) is 42.0 Å². The molecule has 2 aliphatic rings. The van der Waals surface area contributed by atoms with Gasteiger partial charge >= 0.3 is 0 Å². The van der Waals surface area contributed by atoms with Gasteiger partial charge in [0.15, 0.2) is 11.5 Å². The van der Waals surface area contributed by atoms with Crippen LogP contribution in [-0.2, 0) is 11.2 Å². The molecule has 0 aliphatic carbocycles. The molecule has 2 aliphatic heterocycles. The van der Waals surface area contributed by atoms with E-state index in [1.54, 1.807) is 14.2 Å². The lowest BCUT2D eigenvalue weighted by molar-refractivity contribution is -0.129. The smallest absolute Gasteiger partial charge is 0.161 e. The van der Waals surface area contributed by atoms with Gasteiger partial charge in [0.25, 0.3) is 0 Å². The van der Waals surface area contributed by atoms with E-state index >= 15 is 0 Å². The van der Waals surface area contributed by atoms with Crippen LogP contribution in [0.1, 0.15) is 43.9 Å². The van der Waals surface area contributed by atoms with Crippen molar-refractivity contribution in [2.75, 3.05) is 27.3 Å². The van der Waals surface area contributed by atoms with Gasteiger partial charge in [-0.25, -0.2) is 0 Å². The van der Waals surface area contributed by atoms with Crippen LogP contribution in [0.15, 0.2) is 12.1 Å². The van der Waals surface area contributed by atoms with Crippen molar-refractivity contribution in [2.45, 2.75) is 39.2 Å². The number of carbonyl (C=O) groups is 1. The van der Waals surface area contributed by atoms with Gasteiger partial charge in [-0.2, -0.15) is 0 Å². The molecule has 0 amide bonds. The Morgan fingerprint density at radius 2 is 1.91 bits per heavy atom. The van der Waals surface area contributed by atoms with Gasteiger partial charge in [0.1, 0.15) is 5.78 Å². The van der Waals surface area contributed by atoms with E-state index in [1.165, 1.54) is 11.1 Å². The first-order valence-electron chi connectivity index (χ1n) is 8.55. The van der Waals surface area contributed by atoms with Crippen molar-refractivity contribution >= 4 is 5.78 Å². The molecule has 0 spiro atoms. The second-order valence-electron chi connectivity index (χ2n) is 7.16. The van der Waals surface area contributed by atoms with Gasteiger partial charge in [0.2, 0.25) is 0 Å². The molecule has 4 nitrogen and oxygen atoms in total. The minimum absolute atomic E-state index is 0.202. The molecule has 0 saturated carbocycles. The van der Waals surface area contributed by atoms with Crippen LogP contribution >= 0.6 is 0 Å². The predicted molar refractivity (Wildman–Crippen MR) is 90.1 cm³/mol. The summed E-state index contributed by atoms with van der Waals surface area (Å²) >= 11 is 0. The lowest BCUT2D eigenvalue weighted by Gasteiger charge is -2.43. The Bertz CT molecular complexity index is 597. The molecule has 0 bridgehead atoms. The zero-order valence-corrected chi connectivity index (χ0v) is 14.6. The highest BCUT2D eigenvalue weighted by molar-refractivity contribution is 5.83. The first-order valence-corrected chi connectivity index (χ1v) is 8.55. The van der Waals surface area contributed by atoms with Crippen LogP contribution in [0.25, 0.3) is 0 Å². The van der Waals surface area contributed by atoms with Crippen molar-refractivity contribution in [2.24, 2.45) is 11.8 Å². The molecular formula is C19H27NO3. The van der Waals surface area contributed by atoms with Gasteiger partial charge in [0.05, 0.1) is 14.2 Å². The van der Waals surface area contributed by atoms with Gasteiger partial charge in [-0.3, -0.25) is 9.69 Å². The Labute approximate surface area is 138 Å². The summed E-state index contributed by atoms with van der Waals surface area (Å²) in [7, 11) is 3.33. The lowest BCUT2D eigenvalue weighted by Crippen LogP contribution is -2.46. The topological polar surface area (TPSA) is 38.8 Å². The van der Waals surface area contributed by atoms with Gasteiger partial charge in [-0.15, -0.1) is 0 Å². The fourth-order valence-electron chi connectivity index (χ4n) is 4.05. The van der Waals surface area contributed by atoms with Crippen molar-refractivity contribution in [3.05, 3.63) is 23.3 Å².